The van der Waals surface area contributed by atoms with Crippen molar-refractivity contribution >= 4 is 54.3 Å². The number of fused-ring (bicyclic) bond motifs is 7. The van der Waals surface area contributed by atoms with Crippen molar-refractivity contribution in [2.45, 2.75) is 27.7 Å². The lowest BCUT2D eigenvalue weighted by Gasteiger charge is -2.16. The lowest BCUT2D eigenvalue weighted by Crippen LogP contribution is -1.94. The average molecular weight is 707 g/mol. The summed E-state index contributed by atoms with van der Waals surface area (Å²) in [6.45, 7) is 8.72. The van der Waals surface area contributed by atoms with Crippen molar-refractivity contribution in [3.63, 3.8) is 0 Å². The third kappa shape index (κ3) is 5.42. The van der Waals surface area contributed by atoms with Gasteiger partial charge in [-0.25, -0.2) is 4.98 Å². The molecule has 0 saturated carbocycles. The van der Waals surface area contributed by atoms with E-state index >= 15 is 0 Å². The Morgan fingerprint density at radius 1 is 0.382 bits per heavy atom. The van der Waals surface area contributed by atoms with E-state index in [1.54, 1.807) is 0 Å². The molecule has 2 heterocycles. The van der Waals surface area contributed by atoms with Gasteiger partial charge in [0.15, 0.2) is 0 Å². The number of nitrogens with zero attached hydrogens (tertiary/aromatic N) is 2. The van der Waals surface area contributed by atoms with Gasteiger partial charge in [-0.05, 0) is 142 Å². The molecule has 0 aliphatic rings. The standard InChI is InChI=1S/C52H38N2O/c1-30-21-39(34-11-7-5-8-12-34)22-31(2)48(30)41-27-42-26-38-16-15-36-25-37-17-18-44-43(49-32(3)23-40(24-33(49)4)35-13-9-6-10-14-35)19-20-53-52(44)46(37)29-45(36)50(38)54-51(42)47(55)28-41/h5-29,55H,1-4H3. The monoisotopic (exact) mass is 706 g/mol. The summed E-state index contributed by atoms with van der Waals surface area (Å²) < 4.78 is 0. The van der Waals surface area contributed by atoms with Crippen LogP contribution in [0.25, 0.3) is 98.8 Å². The van der Waals surface area contributed by atoms with Crippen molar-refractivity contribution in [1.82, 2.24) is 9.97 Å². The highest BCUT2D eigenvalue weighted by molar-refractivity contribution is 6.18. The summed E-state index contributed by atoms with van der Waals surface area (Å²) >= 11 is 0. The molecule has 2 aromatic heterocycles. The molecule has 0 bridgehead atoms. The fraction of sp³-hybridized carbons (Fsp3) is 0.0769. The number of pyridine rings is 2. The lowest BCUT2D eigenvalue weighted by molar-refractivity contribution is 0.480. The Kier molecular flexibility index (Phi) is 7.53. The zero-order valence-electron chi connectivity index (χ0n) is 31.3. The van der Waals surface area contributed by atoms with Gasteiger partial charge in [-0.2, -0.15) is 0 Å². The number of hydrogen-bond donors (Lipinski definition) is 1. The fourth-order valence-corrected chi connectivity index (χ4v) is 8.92. The first kappa shape index (κ1) is 32.8. The number of phenols is 1. The van der Waals surface area contributed by atoms with Crippen molar-refractivity contribution < 1.29 is 5.11 Å². The molecule has 0 spiro atoms. The number of aromatic hydroxyl groups is 1. The summed E-state index contributed by atoms with van der Waals surface area (Å²) in [5.74, 6) is 0.180. The predicted octanol–water partition coefficient (Wildman–Crippen LogP) is 13.8. The molecule has 10 rings (SSSR count). The third-order valence-electron chi connectivity index (χ3n) is 11.4. The number of benzene rings is 8. The first-order valence-corrected chi connectivity index (χ1v) is 18.9. The van der Waals surface area contributed by atoms with Crippen molar-refractivity contribution in [3.8, 4) is 50.3 Å². The van der Waals surface area contributed by atoms with Crippen LogP contribution >= 0.6 is 0 Å². The van der Waals surface area contributed by atoms with Crippen molar-refractivity contribution in [2.24, 2.45) is 0 Å². The molecule has 0 radical (unpaired) electrons. The van der Waals surface area contributed by atoms with Crippen LogP contribution in [0.1, 0.15) is 22.3 Å². The Morgan fingerprint density at radius 3 is 1.56 bits per heavy atom. The number of rotatable bonds is 4. The van der Waals surface area contributed by atoms with Gasteiger partial charge in [-0.3, -0.25) is 4.98 Å². The van der Waals surface area contributed by atoms with Crippen LogP contribution in [0.3, 0.4) is 0 Å². The summed E-state index contributed by atoms with van der Waals surface area (Å²) in [5.41, 5.74) is 16.7. The molecule has 10 aromatic rings. The van der Waals surface area contributed by atoms with Gasteiger partial charge in [0.25, 0.3) is 0 Å². The highest BCUT2D eigenvalue weighted by Crippen LogP contribution is 2.41. The van der Waals surface area contributed by atoms with Crippen molar-refractivity contribution in [3.05, 3.63) is 174 Å². The van der Waals surface area contributed by atoms with Gasteiger partial charge in [0.05, 0.1) is 11.0 Å². The second kappa shape index (κ2) is 12.6. The Hall–Kier alpha value is -6.84. The van der Waals surface area contributed by atoms with E-state index in [0.29, 0.717) is 5.52 Å². The minimum absolute atomic E-state index is 0.180. The quantitative estimate of drug-likeness (QED) is 0.146. The molecule has 0 aliphatic heterocycles. The normalized spacial score (nSPS) is 11.7. The van der Waals surface area contributed by atoms with Gasteiger partial charge in [0, 0.05) is 33.1 Å². The van der Waals surface area contributed by atoms with Gasteiger partial charge in [0.1, 0.15) is 11.3 Å². The van der Waals surface area contributed by atoms with E-state index in [9.17, 15) is 5.11 Å². The number of aromatic nitrogens is 2. The molecule has 3 heteroatoms. The molecule has 1 N–H and O–H groups in total. The Morgan fingerprint density at radius 2 is 0.927 bits per heavy atom. The zero-order chi connectivity index (χ0) is 37.4. The molecule has 0 amide bonds. The molecule has 55 heavy (non-hydrogen) atoms. The van der Waals surface area contributed by atoms with Crippen LogP contribution in [-0.4, -0.2) is 15.1 Å². The summed E-state index contributed by atoms with van der Waals surface area (Å²) in [4.78, 5) is 10.2. The second-order valence-corrected chi connectivity index (χ2v) is 15.0. The minimum atomic E-state index is 0.180. The van der Waals surface area contributed by atoms with Crippen LogP contribution in [0.4, 0.5) is 0 Å². The Bertz CT molecular complexity index is 3140. The van der Waals surface area contributed by atoms with E-state index < -0.39 is 0 Å². The molecule has 8 aromatic carbocycles. The molecule has 0 saturated heterocycles. The fourth-order valence-electron chi connectivity index (χ4n) is 8.92. The number of hydrogen-bond acceptors (Lipinski definition) is 3. The largest absolute Gasteiger partial charge is 0.506 e. The minimum Gasteiger partial charge on any atom is -0.506 e. The highest BCUT2D eigenvalue weighted by atomic mass is 16.3. The maximum atomic E-state index is 11.6. The second-order valence-electron chi connectivity index (χ2n) is 15.0. The maximum absolute atomic E-state index is 11.6. The van der Waals surface area contributed by atoms with Gasteiger partial charge in [-0.1, -0.05) is 109 Å². The van der Waals surface area contributed by atoms with Crippen LogP contribution < -0.4 is 0 Å². The molecular weight excluding hydrogens is 669 g/mol. The van der Waals surface area contributed by atoms with Gasteiger partial charge >= 0.3 is 0 Å². The van der Waals surface area contributed by atoms with Gasteiger partial charge in [-0.15, -0.1) is 0 Å². The first-order chi connectivity index (χ1) is 26.8. The number of phenolic OH excluding ortho intramolecular Hbond substituents is 1. The third-order valence-corrected chi connectivity index (χ3v) is 11.4. The van der Waals surface area contributed by atoms with Crippen LogP contribution in [0, 0.1) is 27.7 Å². The molecule has 0 fully saturated rings. The van der Waals surface area contributed by atoms with Crippen LogP contribution in [0.5, 0.6) is 5.75 Å². The summed E-state index contributed by atoms with van der Waals surface area (Å²) in [6.07, 6.45) is 1.94. The lowest BCUT2D eigenvalue weighted by atomic mass is 9.89. The zero-order valence-corrected chi connectivity index (χ0v) is 31.3. The smallest absolute Gasteiger partial charge is 0.142 e. The van der Waals surface area contributed by atoms with E-state index in [-0.39, 0.29) is 5.75 Å². The topological polar surface area (TPSA) is 46.0 Å². The van der Waals surface area contributed by atoms with Gasteiger partial charge in [0.2, 0.25) is 0 Å². The van der Waals surface area contributed by atoms with Crippen LogP contribution in [0.2, 0.25) is 0 Å². The molecule has 0 aliphatic carbocycles. The summed E-state index contributed by atoms with van der Waals surface area (Å²) in [5, 5.41) is 19.0. The predicted molar refractivity (Wildman–Crippen MR) is 232 cm³/mol. The molecule has 3 nitrogen and oxygen atoms in total. The SMILES string of the molecule is Cc1cc(-c2ccccc2)cc(C)c1-c1cc(O)c2nc3c(ccc4cc5ccc6c(-c7c(C)cc(-c8ccccc8)cc7C)ccnc6c5cc43)cc2c1. The van der Waals surface area contributed by atoms with E-state index in [1.165, 1.54) is 55.6 Å². The molecule has 262 valence electrons. The highest BCUT2D eigenvalue weighted by Gasteiger charge is 2.17. The average Bonchev–Trinajstić information content (AvgIpc) is 3.19. The van der Waals surface area contributed by atoms with Crippen LogP contribution in [-0.2, 0) is 0 Å². The van der Waals surface area contributed by atoms with Crippen molar-refractivity contribution in [1.29, 1.82) is 0 Å². The molecule has 0 atom stereocenters. The van der Waals surface area contributed by atoms with E-state index in [2.05, 4.69) is 161 Å². The van der Waals surface area contributed by atoms with Crippen LogP contribution in [0.15, 0.2) is 152 Å². The maximum Gasteiger partial charge on any atom is 0.142 e. The van der Waals surface area contributed by atoms with E-state index in [4.69, 9.17) is 9.97 Å². The van der Waals surface area contributed by atoms with Gasteiger partial charge < -0.3 is 5.11 Å². The van der Waals surface area contributed by atoms with Crippen molar-refractivity contribution in [2.75, 3.05) is 0 Å². The Balaban J connectivity index is 1.11. The summed E-state index contributed by atoms with van der Waals surface area (Å²) in [6, 6.07) is 51.7. The molecule has 0 unspecified atom stereocenters. The molecular formula is C52H38N2O. The first-order valence-electron chi connectivity index (χ1n) is 18.9. The summed E-state index contributed by atoms with van der Waals surface area (Å²) in [7, 11) is 0. The number of aryl methyl sites for hydroxylation is 4. The van der Waals surface area contributed by atoms with E-state index in [0.717, 1.165) is 59.9 Å². The Labute approximate surface area is 320 Å². The van der Waals surface area contributed by atoms with E-state index in [1.807, 2.05) is 18.3 Å².